The van der Waals surface area contributed by atoms with E-state index in [1.54, 1.807) is 40.6 Å². The molecule has 2 aliphatic rings. The number of fused-ring (bicyclic) bond motifs is 2. The van der Waals surface area contributed by atoms with Gasteiger partial charge in [-0.3, -0.25) is 14.4 Å². The summed E-state index contributed by atoms with van der Waals surface area (Å²) in [5, 5.41) is 11.0. The number of amidine groups is 1. The van der Waals surface area contributed by atoms with Crippen molar-refractivity contribution in [2.24, 2.45) is 10.9 Å². The van der Waals surface area contributed by atoms with E-state index in [0.717, 1.165) is 17.7 Å². The van der Waals surface area contributed by atoms with Crippen LogP contribution in [-0.4, -0.2) is 52.6 Å². The molecule has 2 bridgehead atoms. The van der Waals surface area contributed by atoms with Gasteiger partial charge in [0.15, 0.2) is 5.84 Å². The van der Waals surface area contributed by atoms with Crippen LogP contribution in [0.4, 0.5) is 0 Å². The van der Waals surface area contributed by atoms with Crippen LogP contribution in [-0.2, 0) is 25.8 Å². The summed E-state index contributed by atoms with van der Waals surface area (Å²) in [5.74, 6) is -0.120. The van der Waals surface area contributed by atoms with E-state index < -0.39 is 11.5 Å². The van der Waals surface area contributed by atoms with E-state index in [1.807, 2.05) is 30.3 Å². The van der Waals surface area contributed by atoms with Crippen molar-refractivity contribution >= 4 is 40.9 Å². The molecule has 42 heavy (non-hydrogen) atoms. The standard InChI is InChI=1S/C30H31N5O6S/c1-19(36)41-34-27(31)21-15-25(42-18-21)16-33-29(39)30-13-11-22(12-14-30)35(30)26(37)17-32-28(38)20-7-9-24(10-8-20)40-23-5-3-2-4-6-23/h2-10,15,18,22H,11-14,16-17H2,1H3,(H2,31,34)(H,32,38)(H,33,39). The molecule has 218 valence electrons. The van der Waals surface area contributed by atoms with Gasteiger partial charge in [-0.25, -0.2) is 4.79 Å². The first-order chi connectivity index (χ1) is 20.2. The van der Waals surface area contributed by atoms with Crippen LogP contribution in [0.1, 0.15) is 53.4 Å². The number of amides is 3. The number of oxime groups is 1. The quantitative estimate of drug-likeness (QED) is 0.142. The lowest BCUT2D eigenvalue weighted by Gasteiger charge is -2.33. The number of thiophene rings is 1. The van der Waals surface area contributed by atoms with Crippen molar-refractivity contribution < 1.29 is 28.8 Å². The Bertz CT molecular complexity index is 1500. The van der Waals surface area contributed by atoms with Crippen molar-refractivity contribution in [2.75, 3.05) is 6.54 Å². The van der Waals surface area contributed by atoms with Gasteiger partial charge in [-0.2, -0.15) is 0 Å². The summed E-state index contributed by atoms with van der Waals surface area (Å²) in [6, 6.07) is 17.7. The van der Waals surface area contributed by atoms with Gasteiger partial charge in [-0.05, 0) is 68.1 Å². The summed E-state index contributed by atoms with van der Waals surface area (Å²) in [5.41, 5.74) is 5.89. The minimum Gasteiger partial charge on any atom is -0.457 e. The topological polar surface area (TPSA) is 152 Å². The van der Waals surface area contributed by atoms with Crippen molar-refractivity contribution in [1.29, 1.82) is 0 Å². The summed E-state index contributed by atoms with van der Waals surface area (Å²) in [7, 11) is 0. The van der Waals surface area contributed by atoms with Crippen LogP contribution in [0.3, 0.4) is 0 Å². The third-order valence-electron chi connectivity index (χ3n) is 7.44. The summed E-state index contributed by atoms with van der Waals surface area (Å²) in [6.07, 6.45) is 2.62. The molecule has 0 unspecified atom stereocenters. The maximum atomic E-state index is 13.4. The predicted molar refractivity (Wildman–Crippen MR) is 156 cm³/mol. The minimum atomic E-state index is -0.932. The molecular formula is C30H31N5O6S. The van der Waals surface area contributed by atoms with Crippen LogP contribution in [0.15, 0.2) is 71.2 Å². The van der Waals surface area contributed by atoms with E-state index in [1.165, 1.54) is 18.3 Å². The van der Waals surface area contributed by atoms with Crippen LogP contribution in [0.2, 0.25) is 0 Å². The highest BCUT2D eigenvalue weighted by molar-refractivity contribution is 7.10. The SMILES string of the molecule is CC(=O)ON=C(N)c1csc(CNC(=O)C23CCC(CC2)N3C(=O)CNC(=O)c2ccc(Oc3ccccc3)cc2)c1. The van der Waals surface area contributed by atoms with Gasteiger partial charge in [-0.15, -0.1) is 11.3 Å². The van der Waals surface area contributed by atoms with Gasteiger partial charge < -0.3 is 30.8 Å². The smallest absolute Gasteiger partial charge is 0.332 e. The van der Waals surface area contributed by atoms with Crippen LogP contribution >= 0.6 is 11.3 Å². The molecule has 2 fully saturated rings. The van der Waals surface area contributed by atoms with Crippen molar-refractivity contribution in [3.8, 4) is 11.5 Å². The molecule has 12 heteroatoms. The Hall–Kier alpha value is -4.71. The molecule has 3 amide bonds. The molecule has 3 heterocycles. The normalized spacial score (nSPS) is 19.3. The van der Waals surface area contributed by atoms with Crippen molar-refractivity contribution in [1.82, 2.24) is 15.5 Å². The number of hydrogen-bond donors (Lipinski definition) is 3. The third kappa shape index (κ3) is 6.28. The lowest BCUT2D eigenvalue weighted by Crippen LogP contribution is -2.57. The number of benzene rings is 2. The molecule has 0 aliphatic carbocycles. The van der Waals surface area contributed by atoms with E-state index in [9.17, 15) is 19.2 Å². The highest BCUT2D eigenvalue weighted by atomic mass is 32.1. The highest BCUT2D eigenvalue weighted by Gasteiger charge is 2.58. The van der Waals surface area contributed by atoms with Gasteiger partial charge in [-0.1, -0.05) is 23.4 Å². The van der Waals surface area contributed by atoms with Gasteiger partial charge >= 0.3 is 5.97 Å². The number of nitrogens with one attached hydrogen (secondary N) is 2. The Labute approximate surface area is 246 Å². The average Bonchev–Trinajstić information content (AvgIpc) is 3.73. The van der Waals surface area contributed by atoms with Crippen LogP contribution < -0.4 is 21.1 Å². The lowest BCUT2D eigenvalue weighted by molar-refractivity contribution is -0.143. The number of rotatable bonds is 10. The summed E-state index contributed by atoms with van der Waals surface area (Å²) in [6.45, 7) is 1.27. The number of hydrogen-bond acceptors (Lipinski definition) is 8. The number of nitrogens with zero attached hydrogens (tertiary/aromatic N) is 2. The molecule has 2 aliphatic heterocycles. The van der Waals surface area contributed by atoms with E-state index in [-0.39, 0.29) is 42.7 Å². The maximum absolute atomic E-state index is 13.4. The Morgan fingerprint density at radius 3 is 2.38 bits per heavy atom. The van der Waals surface area contributed by atoms with Crippen molar-refractivity contribution in [2.45, 2.75) is 50.7 Å². The fraction of sp³-hybridized carbons (Fsp3) is 0.300. The highest BCUT2D eigenvalue weighted by Crippen LogP contribution is 2.46. The maximum Gasteiger partial charge on any atom is 0.332 e. The second kappa shape index (κ2) is 12.4. The predicted octanol–water partition coefficient (Wildman–Crippen LogP) is 3.29. The fourth-order valence-electron chi connectivity index (χ4n) is 5.46. The number of para-hydroxylation sites is 1. The van der Waals surface area contributed by atoms with E-state index in [2.05, 4.69) is 20.6 Å². The van der Waals surface area contributed by atoms with Crippen LogP contribution in [0.5, 0.6) is 11.5 Å². The second-order valence-corrected chi connectivity index (χ2v) is 11.2. The minimum absolute atomic E-state index is 0.0276. The second-order valence-electron chi connectivity index (χ2n) is 10.2. The Morgan fingerprint density at radius 1 is 1.00 bits per heavy atom. The van der Waals surface area contributed by atoms with Gasteiger partial charge in [0, 0.05) is 34.3 Å². The van der Waals surface area contributed by atoms with E-state index in [4.69, 9.17) is 10.5 Å². The molecular weight excluding hydrogens is 558 g/mol. The molecule has 0 atom stereocenters. The molecule has 2 aromatic carbocycles. The number of ether oxygens (including phenoxy) is 1. The van der Waals surface area contributed by atoms with Crippen LogP contribution in [0, 0.1) is 0 Å². The van der Waals surface area contributed by atoms with Gasteiger partial charge in [0.05, 0.1) is 13.1 Å². The molecule has 0 spiro atoms. The zero-order valence-corrected chi connectivity index (χ0v) is 23.8. The zero-order chi connectivity index (χ0) is 29.7. The molecule has 2 saturated heterocycles. The van der Waals surface area contributed by atoms with Gasteiger partial charge in [0.2, 0.25) is 11.8 Å². The average molecular weight is 590 g/mol. The Kier molecular flexibility index (Phi) is 8.53. The molecule has 11 nitrogen and oxygen atoms in total. The fourth-order valence-corrected chi connectivity index (χ4v) is 6.27. The number of carbonyl (C=O) groups is 4. The van der Waals surface area contributed by atoms with E-state index >= 15 is 0 Å². The Balaban J connectivity index is 1.15. The van der Waals surface area contributed by atoms with Gasteiger partial charge in [0.25, 0.3) is 5.91 Å². The molecule has 4 N–H and O–H groups in total. The monoisotopic (exact) mass is 589 g/mol. The molecule has 0 radical (unpaired) electrons. The Morgan fingerprint density at radius 2 is 1.69 bits per heavy atom. The molecule has 1 aromatic heterocycles. The third-order valence-corrected chi connectivity index (χ3v) is 8.38. The van der Waals surface area contributed by atoms with Crippen molar-refractivity contribution in [3.63, 3.8) is 0 Å². The summed E-state index contributed by atoms with van der Waals surface area (Å²) in [4.78, 5) is 57.6. The van der Waals surface area contributed by atoms with Crippen LogP contribution in [0.25, 0.3) is 0 Å². The first-order valence-corrected chi connectivity index (χ1v) is 14.4. The summed E-state index contributed by atoms with van der Waals surface area (Å²) >= 11 is 1.38. The van der Waals surface area contributed by atoms with E-state index in [0.29, 0.717) is 35.5 Å². The first-order valence-electron chi connectivity index (χ1n) is 13.6. The van der Waals surface area contributed by atoms with Gasteiger partial charge in [0.1, 0.15) is 17.0 Å². The largest absolute Gasteiger partial charge is 0.457 e. The molecule has 5 rings (SSSR count). The van der Waals surface area contributed by atoms with Crippen molar-refractivity contribution in [3.05, 3.63) is 82.0 Å². The first kappa shape index (κ1) is 28.8. The zero-order valence-electron chi connectivity index (χ0n) is 23.0. The number of nitrogens with two attached hydrogens (primary N) is 1. The lowest BCUT2D eigenvalue weighted by atomic mass is 9.87. The summed E-state index contributed by atoms with van der Waals surface area (Å²) < 4.78 is 5.76. The molecule has 3 aromatic rings. The molecule has 0 saturated carbocycles. The number of carbonyl (C=O) groups excluding carboxylic acids is 4.